The third kappa shape index (κ3) is 1.82. The van der Waals surface area contributed by atoms with Gasteiger partial charge in [0.1, 0.15) is 6.10 Å². The predicted molar refractivity (Wildman–Crippen MR) is 83.9 cm³/mol. The number of hydrogen-bond donors (Lipinski definition) is 0. The van der Waals surface area contributed by atoms with Gasteiger partial charge >= 0.3 is 5.97 Å². The van der Waals surface area contributed by atoms with Crippen LogP contribution in [0.1, 0.15) is 29.7 Å². The average Bonchev–Trinajstić information content (AvgIpc) is 3.03. The summed E-state index contributed by atoms with van der Waals surface area (Å²) in [4.78, 5) is 12.4. The van der Waals surface area contributed by atoms with Crippen LogP contribution >= 0.6 is 0 Å². The zero-order valence-corrected chi connectivity index (χ0v) is 12.3. The molecule has 0 fully saturated rings. The monoisotopic (exact) mass is 292 g/mol. The molecule has 4 rings (SSSR count). The number of benzene rings is 2. The van der Waals surface area contributed by atoms with Crippen molar-refractivity contribution >= 4 is 17.1 Å². The van der Waals surface area contributed by atoms with Crippen LogP contribution in [0.2, 0.25) is 0 Å². The van der Waals surface area contributed by atoms with Crippen molar-refractivity contribution in [3.63, 3.8) is 0 Å². The van der Waals surface area contributed by atoms with Crippen LogP contribution in [0.5, 0.6) is 0 Å². The Labute approximate surface area is 129 Å². The highest BCUT2D eigenvalue weighted by molar-refractivity contribution is 6.28. The Balaban J connectivity index is 1.94. The van der Waals surface area contributed by atoms with E-state index in [9.17, 15) is 4.79 Å². The maximum atomic E-state index is 12.4. The Hall–Kier alpha value is -2.39. The standard InChI is InChI=1S/C19H16O3/c1-2-21-17-14-11-7-6-10-13(14)16-15(19(20)22-18(16)17)12-8-4-3-5-9-12/h3-11,17-18H,2H2,1H3/t17-,18-/m1/s1. The second-order valence-electron chi connectivity index (χ2n) is 5.44. The molecule has 3 heteroatoms. The number of hydrogen-bond acceptors (Lipinski definition) is 3. The molecule has 110 valence electrons. The third-order valence-electron chi connectivity index (χ3n) is 4.23. The van der Waals surface area contributed by atoms with Gasteiger partial charge in [0.05, 0.1) is 5.57 Å². The summed E-state index contributed by atoms with van der Waals surface area (Å²) in [7, 11) is 0. The molecule has 2 aromatic rings. The minimum absolute atomic E-state index is 0.207. The van der Waals surface area contributed by atoms with Crippen molar-refractivity contribution in [1.29, 1.82) is 0 Å². The number of fused-ring (bicyclic) bond motifs is 3. The van der Waals surface area contributed by atoms with E-state index in [2.05, 4.69) is 6.07 Å². The quantitative estimate of drug-likeness (QED) is 0.811. The SMILES string of the molecule is CCO[C@@H]1c2ccccc2C2=C(c3ccccc3)C(=O)O[C@H]21. The van der Waals surface area contributed by atoms with Crippen LogP contribution in [0.3, 0.4) is 0 Å². The molecule has 1 aliphatic carbocycles. The molecule has 0 bridgehead atoms. The van der Waals surface area contributed by atoms with Crippen molar-refractivity contribution < 1.29 is 14.3 Å². The summed E-state index contributed by atoms with van der Waals surface area (Å²) in [5, 5.41) is 0. The van der Waals surface area contributed by atoms with Crippen LogP contribution in [0.15, 0.2) is 54.6 Å². The summed E-state index contributed by atoms with van der Waals surface area (Å²) in [5.74, 6) is -0.259. The molecule has 0 aromatic heterocycles. The molecule has 0 N–H and O–H groups in total. The molecule has 0 radical (unpaired) electrons. The Morgan fingerprint density at radius 3 is 2.55 bits per heavy atom. The fourth-order valence-corrected chi connectivity index (χ4v) is 3.37. The van der Waals surface area contributed by atoms with Crippen molar-refractivity contribution in [2.45, 2.75) is 19.1 Å². The molecule has 0 unspecified atom stereocenters. The van der Waals surface area contributed by atoms with E-state index in [1.165, 1.54) is 0 Å². The summed E-state index contributed by atoms with van der Waals surface area (Å²) >= 11 is 0. The number of ether oxygens (including phenoxy) is 2. The van der Waals surface area contributed by atoms with Gasteiger partial charge in [0, 0.05) is 12.2 Å². The fraction of sp³-hybridized carbons (Fsp3) is 0.211. The lowest BCUT2D eigenvalue weighted by molar-refractivity contribution is -0.143. The number of carbonyl (C=O) groups is 1. The number of esters is 1. The molecule has 3 nitrogen and oxygen atoms in total. The van der Waals surface area contributed by atoms with Crippen molar-refractivity contribution in [3.05, 3.63) is 71.3 Å². The first-order valence-corrected chi connectivity index (χ1v) is 7.52. The van der Waals surface area contributed by atoms with Crippen molar-refractivity contribution in [3.8, 4) is 0 Å². The molecule has 0 spiro atoms. The fourth-order valence-electron chi connectivity index (χ4n) is 3.37. The Morgan fingerprint density at radius 1 is 1.05 bits per heavy atom. The molecule has 1 heterocycles. The van der Waals surface area contributed by atoms with Crippen LogP contribution < -0.4 is 0 Å². The molecular formula is C19H16O3. The third-order valence-corrected chi connectivity index (χ3v) is 4.23. The van der Waals surface area contributed by atoms with Crippen molar-refractivity contribution in [1.82, 2.24) is 0 Å². The normalized spacial score (nSPS) is 22.5. The van der Waals surface area contributed by atoms with Gasteiger partial charge in [-0.25, -0.2) is 4.79 Å². The van der Waals surface area contributed by atoms with Gasteiger partial charge in [0.25, 0.3) is 0 Å². The summed E-state index contributed by atoms with van der Waals surface area (Å²) < 4.78 is 11.5. The van der Waals surface area contributed by atoms with E-state index in [4.69, 9.17) is 9.47 Å². The average molecular weight is 292 g/mol. The molecule has 2 atom stereocenters. The first kappa shape index (κ1) is 13.3. The van der Waals surface area contributed by atoms with E-state index in [0.717, 1.165) is 22.3 Å². The Morgan fingerprint density at radius 2 is 1.77 bits per heavy atom. The maximum absolute atomic E-state index is 12.4. The molecule has 22 heavy (non-hydrogen) atoms. The van der Waals surface area contributed by atoms with E-state index in [0.29, 0.717) is 12.2 Å². The van der Waals surface area contributed by atoms with Gasteiger partial charge in [-0.1, -0.05) is 54.6 Å². The van der Waals surface area contributed by atoms with Crippen LogP contribution in [0, 0.1) is 0 Å². The van der Waals surface area contributed by atoms with E-state index < -0.39 is 0 Å². The summed E-state index contributed by atoms with van der Waals surface area (Å²) in [6.07, 6.45) is -0.540. The van der Waals surface area contributed by atoms with Crippen LogP contribution in [0.25, 0.3) is 11.1 Å². The summed E-state index contributed by atoms with van der Waals surface area (Å²) in [5.41, 5.74) is 4.70. The highest BCUT2D eigenvalue weighted by atomic mass is 16.6. The van der Waals surface area contributed by atoms with Gasteiger partial charge in [0.15, 0.2) is 6.10 Å². The van der Waals surface area contributed by atoms with Gasteiger partial charge in [-0.2, -0.15) is 0 Å². The summed E-state index contributed by atoms with van der Waals surface area (Å²) in [6.45, 7) is 2.54. The highest BCUT2D eigenvalue weighted by Crippen LogP contribution is 2.50. The maximum Gasteiger partial charge on any atom is 0.339 e. The van der Waals surface area contributed by atoms with Gasteiger partial charge in [-0.3, -0.25) is 0 Å². The zero-order chi connectivity index (χ0) is 15.1. The first-order chi connectivity index (χ1) is 10.8. The van der Waals surface area contributed by atoms with E-state index >= 15 is 0 Å². The van der Waals surface area contributed by atoms with Crippen LogP contribution in [-0.2, 0) is 14.3 Å². The number of carbonyl (C=O) groups excluding carboxylic acids is 1. The smallest absolute Gasteiger partial charge is 0.339 e. The largest absolute Gasteiger partial charge is 0.451 e. The number of rotatable bonds is 3. The Kier molecular flexibility index (Phi) is 3.09. The van der Waals surface area contributed by atoms with Crippen LogP contribution in [-0.4, -0.2) is 18.7 Å². The summed E-state index contributed by atoms with van der Waals surface area (Å²) in [6, 6.07) is 17.8. The van der Waals surface area contributed by atoms with Gasteiger partial charge in [-0.05, 0) is 23.6 Å². The molecule has 0 amide bonds. The molecule has 0 saturated carbocycles. The molecular weight excluding hydrogens is 276 g/mol. The first-order valence-electron chi connectivity index (χ1n) is 7.52. The Bertz CT molecular complexity index is 761. The lowest BCUT2D eigenvalue weighted by Gasteiger charge is -2.17. The molecule has 0 saturated heterocycles. The minimum Gasteiger partial charge on any atom is -0.451 e. The van der Waals surface area contributed by atoms with Crippen LogP contribution in [0.4, 0.5) is 0 Å². The highest BCUT2D eigenvalue weighted by Gasteiger charge is 2.47. The molecule has 1 aliphatic heterocycles. The van der Waals surface area contributed by atoms with E-state index in [1.807, 2.05) is 55.5 Å². The second-order valence-corrected chi connectivity index (χ2v) is 5.44. The van der Waals surface area contributed by atoms with Gasteiger partial charge < -0.3 is 9.47 Å². The lowest BCUT2D eigenvalue weighted by Crippen LogP contribution is -2.18. The van der Waals surface area contributed by atoms with E-state index in [1.54, 1.807) is 0 Å². The minimum atomic E-state index is -0.333. The molecule has 2 aromatic carbocycles. The van der Waals surface area contributed by atoms with Gasteiger partial charge in [-0.15, -0.1) is 0 Å². The van der Waals surface area contributed by atoms with Gasteiger partial charge in [0.2, 0.25) is 0 Å². The van der Waals surface area contributed by atoms with E-state index in [-0.39, 0.29) is 18.2 Å². The lowest BCUT2D eigenvalue weighted by atomic mass is 9.97. The van der Waals surface area contributed by atoms with Crippen molar-refractivity contribution in [2.75, 3.05) is 6.61 Å². The predicted octanol–water partition coefficient (Wildman–Crippen LogP) is 3.61. The topological polar surface area (TPSA) is 35.5 Å². The second kappa shape index (κ2) is 5.11. The van der Waals surface area contributed by atoms with Crippen molar-refractivity contribution in [2.24, 2.45) is 0 Å². The zero-order valence-electron chi connectivity index (χ0n) is 12.3. The molecule has 2 aliphatic rings.